The molecule has 0 aromatic heterocycles. The molecule has 0 spiro atoms. The Morgan fingerprint density at radius 1 is 0.529 bits per heavy atom. The standard InChI is InChI=1S/C28H50N6/c1-5-9-17-33(18-10-6-2)25-27-21-29-13-15-31-23-28(24-32-16-14-30-22-27)26-34(19-11-7-3)20-12-8-4/h21-26H,5-20H2,1-4H3. The molecule has 1 aliphatic rings. The largest absolute Gasteiger partial charge is 0.377 e. The average molecular weight is 471 g/mol. The molecule has 0 saturated heterocycles. The molecule has 1 heterocycles. The van der Waals surface area contributed by atoms with Crippen LogP contribution in [0.3, 0.4) is 0 Å². The van der Waals surface area contributed by atoms with E-state index in [0.717, 1.165) is 37.3 Å². The highest BCUT2D eigenvalue weighted by molar-refractivity contribution is 6.04. The molecule has 0 amide bonds. The van der Waals surface area contributed by atoms with Crippen molar-refractivity contribution in [1.29, 1.82) is 0 Å². The summed E-state index contributed by atoms with van der Waals surface area (Å²) in [6.07, 6.45) is 21.9. The lowest BCUT2D eigenvalue weighted by Gasteiger charge is -2.20. The zero-order chi connectivity index (χ0) is 24.7. The summed E-state index contributed by atoms with van der Waals surface area (Å²) >= 11 is 0. The van der Waals surface area contributed by atoms with Gasteiger partial charge in [-0.3, -0.25) is 20.0 Å². The molecule has 0 fully saturated rings. The van der Waals surface area contributed by atoms with Gasteiger partial charge in [-0.25, -0.2) is 0 Å². The molecule has 0 unspecified atom stereocenters. The van der Waals surface area contributed by atoms with Crippen molar-refractivity contribution in [2.45, 2.75) is 79.1 Å². The van der Waals surface area contributed by atoms with E-state index in [1.54, 1.807) is 0 Å². The quantitative estimate of drug-likeness (QED) is 0.319. The van der Waals surface area contributed by atoms with Gasteiger partial charge in [-0.2, -0.15) is 0 Å². The van der Waals surface area contributed by atoms with Gasteiger partial charge in [0, 0.05) is 74.6 Å². The smallest absolute Gasteiger partial charge is 0.0585 e. The molecule has 0 aliphatic carbocycles. The maximum absolute atomic E-state index is 4.63. The molecule has 0 atom stereocenters. The Kier molecular flexibility index (Phi) is 18.7. The van der Waals surface area contributed by atoms with Gasteiger partial charge < -0.3 is 9.80 Å². The second kappa shape index (κ2) is 21.3. The fraction of sp³-hybridized carbons (Fsp3) is 0.714. The summed E-state index contributed by atoms with van der Waals surface area (Å²) in [6, 6.07) is 0. The average Bonchev–Trinajstić information content (AvgIpc) is 2.85. The molecule has 0 aromatic carbocycles. The molecule has 0 N–H and O–H groups in total. The number of hydrogen-bond acceptors (Lipinski definition) is 6. The number of aliphatic imine (C=N–C) groups is 4. The van der Waals surface area contributed by atoms with E-state index in [9.17, 15) is 0 Å². The highest BCUT2D eigenvalue weighted by Gasteiger charge is 2.02. The normalized spacial score (nSPS) is 14.8. The van der Waals surface area contributed by atoms with Crippen molar-refractivity contribution in [2.75, 3.05) is 52.4 Å². The van der Waals surface area contributed by atoms with Gasteiger partial charge in [0.25, 0.3) is 0 Å². The first-order valence-electron chi connectivity index (χ1n) is 13.6. The topological polar surface area (TPSA) is 55.9 Å². The summed E-state index contributed by atoms with van der Waals surface area (Å²) in [6.45, 7) is 16.0. The van der Waals surface area contributed by atoms with Crippen LogP contribution in [0.1, 0.15) is 79.1 Å². The third-order valence-corrected chi connectivity index (χ3v) is 5.54. The lowest BCUT2D eigenvalue weighted by atomic mass is 10.2. The molecule has 1 aliphatic heterocycles. The number of unbranched alkanes of at least 4 members (excludes halogenated alkanes) is 4. The zero-order valence-electron chi connectivity index (χ0n) is 22.5. The van der Waals surface area contributed by atoms with Crippen LogP contribution < -0.4 is 0 Å². The van der Waals surface area contributed by atoms with Crippen LogP contribution in [-0.4, -0.2) is 87.0 Å². The Labute approximate surface area is 209 Å². The minimum atomic E-state index is 0.672. The van der Waals surface area contributed by atoms with E-state index >= 15 is 0 Å². The molecule has 0 bridgehead atoms. The fourth-order valence-corrected chi connectivity index (χ4v) is 3.46. The predicted molar refractivity (Wildman–Crippen MR) is 152 cm³/mol. The van der Waals surface area contributed by atoms with Crippen LogP contribution in [0.15, 0.2) is 43.5 Å². The molecule has 0 aromatic rings. The van der Waals surface area contributed by atoms with Crippen LogP contribution >= 0.6 is 0 Å². The molecule has 6 heteroatoms. The Bertz CT molecular complexity index is 568. The van der Waals surface area contributed by atoms with Gasteiger partial charge in [-0.1, -0.05) is 53.4 Å². The molecular weight excluding hydrogens is 420 g/mol. The monoisotopic (exact) mass is 470 g/mol. The van der Waals surface area contributed by atoms with E-state index < -0.39 is 0 Å². The highest BCUT2D eigenvalue weighted by Crippen LogP contribution is 2.04. The maximum Gasteiger partial charge on any atom is 0.0585 e. The lowest BCUT2D eigenvalue weighted by Crippen LogP contribution is -2.21. The summed E-state index contributed by atoms with van der Waals surface area (Å²) < 4.78 is 0. The van der Waals surface area contributed by atoms with Crippen molar-refractivity contribution in [3.63, 3.8) is 0 Å². The number of hydrogen-bond donors (Lipinski definition) is 0. The van der Waals surface area contributed by atoms with E-state index in [1.165, 1.54) is 51.4 Å². The van der Waals surface area contributed by atoms with E-state index in [1.807, 2.05) is 24.9 Å². The minimum Gasteiger partial charge on any atom is -0.377 e. The molecule has 6 nitrogen and oxygen atoms in total. The molecule has 34 heavy (non-hydrogen) atoms. The summed E-state index contributed by atoms with van der Waals surface area (Å²) in [5, 5.41) is 0. The molecule has 1 rings (SSSR count). The Hall–Kier alpha value is -2.24. The Morgan fingerprint density at radius 3 is 1.03 bits per heavy atom. The van der Waals surface area contributed by atoms with Gasteiger partial charge in [0.2, 0.25) is 0 Å². The Balaban J connectivity index is 2.90. The Morgan fingerprint density at radius 2 is 0.794 bits per heavy atom. The van der Waals surface area contributed by atoms with Gasteiger partial charge >= 0.3 is 0 Å². The van der Waals surface area contributed by atoms with Crippen molar-refractivity contribution in [3.8, 4) is 0 Å². The van der Waals surface area contributed by atoms with Crippen LogP contribution in [0, 0.1) is 0 Å². The first-order valence-corrected chi connectivity index (χ1v) is 13.6. The van der Waals surface area contributed by atoms with Crippen LogP contribution in [0.25, 0.3) is 0 Å². The fourth-order valence-electron chi connectivity index (χ4n) is 3.46. The van der Waals surface area contributed by atoms with Gasteiger partial charge in [0.05, 0.1) is 26.2 Å². The summed E-state index contributed by atoms with van der Waals surface area (Å²) in [4.78, 5) is 23.4. The number of nitrogens with zero attached hydrogens (tertiary/aromatic N) is 6. The van der Waals surface area contributed by atoms with Gasteiger partial charge in [-0.05, 0) is 25.7 Å². The van der Waals surface area contributed by atoms with Crippen molar-refractivity contribution < 1.29 is 0 Å². The summed E-state index contributed by atoms with van der Waals surface area (Å²) in [7, 11) is 0. The van der Waals surface area contributed by atoms with E-state index in [2.05, 4.69) is 69.9 Å². The first-order chi connectivity index (χ1) is 16.7. The second-order valence-electron chi connectivity index (χ2n) is 8.89. The molecule has 0 radical (unpaired) electrons. The van der Waals surface area contributed by atoms with Crippen molar-refractivity contribution in [3.05, 3.63) is 23.5 Å². The predicted octanol–water partition coefficient (Wildman–Crippen LogP) is 5.86. The van der Waals surface area contributed by atoms with Crippen LogP contribution in [0.4, 0.5) is 0 Å². The molecular formula is C28H50N6. The van der Waals surface area contributed by atoms with Crippen molar-refractivity contribution >= 4 is 24.9 Å². The zero-order valence-corrected chi connectivity index (χ0v) is 22.5. The summed E-state index contributed by atoms with van der Waals surface area (Å²) in [5.74, 6) is 0. The van der Waals surface area contributed by atoms with E-state index in [0.29, 0.717) is 26.2 Å². The highest BCUT2D eigenvalue weighted by atomic mass is 15.1. The summed E-state index contributed by atoms with van der Waals surface area (Å²) in [5.41, 5.74) is 2.11. The number of allylic oxidation sites excluding steroid dienone is 2. The first kappa shape index (κ1) is 29.8. The third kappa shape index (κ3) is 15.6. The van der Waals surface area contributed by atoms with E-state index in [-0.39, 0.29) is 0 Å². The van der Waals surface area contributed by atoms with E-state index in [4.69, 9.17) is 0 Å². The number of rotatable bonds is 14. The molecule has 0 saturated carbocycles. The maximum atomic E-state index is 4.63. The van der Waals surface area contributed by atoms with Crippen LogP contribution in [0.2, 0.25) is 0 Å². The second-order valence-corrected chi connectivity index (χ2v) is 8.89. The van der Waals surface area contributed by atoms with Gasteiger partial charge in [0.1, 0.15) is 0 Å². The lowest BCUT2D eigenvalue weighted by molar-refractivity contribution is 0.359. The third-order valence-electron chi connectivity index (χ3n) is 5.54. The van der Waals surface area contributed by atoms with Crippen LogP contribution in [-0.2, 0) is 0 Å². The molecule has 192 valence electrons. The van der Waals surface area contributed by atoms with Crippen molar-refractivity contribution in [2.24, 2.45) is 20.0 Å². The van der Waals surface area contributed by atoms with Crippen LogP contribution in [0.5, 0.6) is 0 Å². The van der Waals surface area contributed by atoms with Crippen molar-refractivity contribution in [1.82, 2.24) is 9.80 Å². The SMILES string of the molecule is CCCCN(C=C1C=NCCN=CC(=CN(CCCC)CCCC)C=NCCN=C1)CCCC. The minimum absolute atomic E-state index is 0.672. The van der Waals surface area contributed by atoms with Gasteiger partial charge in [0.15, 0.2) is 0 Å². The van der Waals surface area contributed by atoms with Gasteiger partial charge in [-0.15, -0.1) is 0 Å².